The summed E-state index contributed by atoms with van der Waals surface area (Å²) in [5.74, 6) is 0.999. The fourth-order valence-corrected chi connectivity index (χ4v) is 2.94. The summed E-state index contributed by atoms with van der Waals surface area (Å²) < 4.78 is 11.9. The van der Waals surface area contributed by atoms with Crippen LogP contribution in [0.4, 0.5) is 0 Å². The molecule has 1 aromatic heterocycles. The van der Waals surface area contributed by atoms with E-state index in [9.17, 15) is 4.79 Å². The van der Waals surface area contributed by atoms with Crippen LogP contribution >= 0.6 is 0 Å². The number of ether oxygens (including phenoxy) is 2. The van der Waals surface area contributed by atoms with Gasteiger partial charge < -0.3 is 26.4 Å². The molecule has 1 heterocycles. The second-order valence-electron chi connectivity index (χ2n) is 8.19. The summed E-state index contributed by atoms with van der Waals surface area (Å²) in [6, 6.07) is 13.2. The number of nitrogens with one attached hydrogen (secondary N) is 1. The van der Waals surface area contributed by atoms with E-state index in [0.29, 0.717) is 22.5 Å². The molecule has 32 heavy (non-hydrogen) atoms. The number of carbonyl (C=O) groups excluding carboxylic acids is 1. The third-order valence-electron chi connectivity index (χ3n) is 4.42. The van der Waals surface area contributed by atoms with E-state index in [2.05, 4.69) is 20.5 Å². The SMILES string of the molecule is COc1cc(/C=N/NC(=O)C[N+](C)(C)C)ccc1OCc1nc2ccccc2nc1C.[Cl-]. The van der Waals surface area contributed by atoms with Gasteiger partial charge in [-0.2, -0.15) is 5.10 Å². The molecule has 170 valence electrons. The summed E-state index contributed by atoms with van der Waals surface area (Å²) in [5, 5.41) is 4.02. The summed E-state index contributed by atoms with van der Waals surface area (Å²) >= 11 is 0. The minimum Gasteiger partial charge on any atom is -1.00 e. The maximum Gasteiger partial charge on any atom is 0.295 e. The van der Waals surface area contributed by atoms with Crippen LogP contribution in [0.1, 0.15) is 17.0 Å². The highest BCUT2D eigenvalue weighted by molar-refractivity contribution is 5.83. The molecular weight excluding hydrogens is 430 g/mol. The Morgan fingerprint density at radius 3 is 2.44 bits per heavy atom. The smallest absolute Gasteiger partial charge is 0.295 e. The van der Waals surface area contributed by atoms with Gasteiger partial charge >= 0.3 is 0 Å². The first-order valence-electron chi connectivity index (χ1n) is 9.90. The molecule has 3 aromatic rings. The fourth-order valence-electron chi connectivity index (χ4n) is 2.94. The van der Waals surface area contributed by atoms with Crippen LogP contribution in [-0.2, 0) is 11.4 Å². The van der Waals surface area contributed by atoms with Crippen molar-refractivity contribution < 1.29 is 31.2 Å². The highest BCUT2D eigenvalue weighted by atomic mass is 35.5. The summed E-state index contributed by atoms with van der Waals surface area (Å²) in [4.78, 5) is 21.1. The Kier molecular flexibility index (Phi) is 8.51. The molecule has 2 aromatic carbocycles. The number of likely N-dealkylation sites (N-methyl/N-ethyl adjacent to an activating group) is 1. The van der Waals surface area contributed by atoms with Crippen LogP contribution in [0, 0.1) is 6.92 Å². The molecule has 0 saturated heterocycles. The number of methoxy groups -OCH3 is 1. The summed E-state index contributed by atoms with van der Waals surface area (Å²) in [6.45, 7) is 2.53. The minimum absolute atomic E-state index is 0. The second kappa shape index (κ2) is 10.9. The normalized spacial score (nSPS) is 11.3. The number of rotatable bonds is 8. The van der Waals surface area contributed by atoms with E-state index in [-0.39, 0.29) is 24.9 Å². The van der Waals surface area contributed by atoms with Crippen molar-refractivity contribution in [2.45, 2.75) is 13.5 Å². The fraction of sp³-hybridized carbons (Fsp3) is 0.304. The van der Waals surface area contributed by atoms with Gasteiger partial charge in [0, 0.05) is 0 Å². The number of fused-ring (bicyclic) bond motifs is 1. The van der Waals surface area contributed by atoms with Gasteiger partial charge in [-0.3, -0.25) is 4.79 Å². The number of hydrazone groups is 1. The average Bonchev–Trinajstić information content (AvgIpc) is 2.71. The highest BCUT2D eigenvalue weighted by Gasteiger charge is 2.13. The maximum absolute atomic E-state index is 11.9. The number of amides is 1. The summed E-state index contributed by atoms with van der Waals surface area (Å²) in [7, 11) is 7.40. The van der Waals surface area contributed by atoms with Crippen LogP contribution in [-0.4, -0.2) is 61.4 Å². The Bertz CT molecular complexity index is 1110. The predicted octanol–water partition coefficient (Wildman–Crippen LogP) is -0.314. The van der Waals surface area contributed by atoms with Crippen molar-refractivity contribution in [3.05, 3.63) is 59.4 Å². The zero-order valence-corrected chi connectivity index (χ0v) is 19.7. The summed E-state index contributed by atoms with van der Waals surface area (Å²) in [6.07, 6.45) is 1.57. The van der Waals surface area contributed by atoms with Gasteiger partial charge in [-0.05, 0) is 42.8 Å². The molecule has 0 aliphatic carbocycles. The molecule has 3 rings (SSSR count). The first-order valence-corrected chi connectivity index (χ1v) is 9.90. The lowest BCUT2D eigenvalue weighted by molar-refractivity contribution is -0.862. The number of hydrogen-bond donors (Lipinski definition) is 1. The van der Waals surface area contributed by atoms with Crippen molar-refractivity contribution in [1.82, 2.24) is 15.4 Å². The Morgan fingerprint density at radius 1 is 1.09 bits per heavy atom. The van der Waals surface area contributed by atoms with E-state index in [4.69, 9.17) is 9.47 Å². The van der Waals surface area contributed by atoms with Gasteiger partial charge in [0.05, 0.1) is 56.9 Å². The first kappa shape index (κ1) is 25.0. The molecule has 1 amide bonds. The number of aryl methyl sites for hydroxylation is 1. The van der Waals surface area contributed by atoms with Gasteiger partial charge in [-0.25, -0.2) is 15.4 Å². The molecule has 0 bridgehead atoms. The van der Waals surface area contributed by atoms with Crippen molar-refractivity contribution in [1.29, 1.82) is 0 Å². The van der Waals surface area contributed by atoms with Gasteiger partial charge in [0.2, 0.25) is 0 Å². The second-order valence-corrected chi connectivity index (χ2v) is 8.19. The standard InChI is InChI=1S/C23H27N5O3.ClH/c1-16-20(26-19-9-7-6-8-18(19)25-16)15-31-21-11-10-17(12-22(21)30-5)13-24-27-23(29)14-28(2,3)4;/h6-13H,14-15H2,1-5H3;1H/b24-13+;. The van der Waals surface area contributed by atoms with Gasteiger partial charge in [0.25, 0.3) is 5.91 Å². The van der Waals surface area contributed by atoms with E-state index in [1.54, 1.807) is 25.5 Å². The molecule has 0 spiro atoms. The average molecular weight is 458 g/mol. The van der Waals surface area contributed by atoms with Crippen LogP contribution in [0.25, 0.3) is 11.0 Å². The van der Waals surface area contributed by atoms with E-state index in [0.717, 1.165) is 28.0 Å². The lowest BCUT2D eigenvalue weighted by Gasteiger charge is -2.21. The molecule has 8 nitrogen and oxygen atoms in total. The Morgan fingerprint density at radius 2 is 1.78 bits per heavy atom. The van der Waals surface area contributed by atoms with Gasteiger partial charge in [0.1, 0.15) is 6.61 Å². The molecule has 1 N–H and O–H groups in total. The first-order chi connectivity index (χ1) is 14.7. The number of quaternary nitrogens is 1. The lowest BCUT2D eigenvalue weighted by atomic mass is 10.2. The lowest BCUT2D eigenvalue weighted by Crippen LogP contribution is -3.00. The predicted molar refractivity (Wildman–Crippen MR) is 120 cm³/mol. The zero-order chi connectivity index (χ0) is 22.4. The number of benzene rings is 2. The van der Waals surface area contributed by atoms with E-state index in [1.807, 2.05) is 58.4 Å². The molecule has 0 aliphatic rings. The van der Waals surface area contributed by atoms with E-state index in [1.165, 1.54) is 0 Å². The van der Waals surface area contributed by atoms with Crippen LogP contribution < -0.4 is 27.3 Å². The minimum atomic E-state index is -0.150. The highest BCUT2D eigenvalue weighted by Crippen LogP contribution is 2.28. The van der Waals surface area contributed by atoms with Gasteiger partial charge in [-0.1, -0.05) is 12.1 Å². The van der Waals surface area contributed by atoms with Crippen LogP contribution in [0.15, 0.2) is 47.6 Å². The largest absolute Gasteiger partial charge is 1.00 e. The number of para-hydroxylation sites is 2. The quantitative estimate of drug-likeness (QED) is 0.285. The van der Waals surface area contributed by atoms with Crippen molar-refractivity contribution in [2.24, 2.45) is 5.10 Å². The molecule has 0 atom stereocenters. The van der Waals surface area contributed by atoms with Crippen LogP contribution in [0.3, 0.4) is 0 Å². The van der Waals surface area contributed by atoms with Crippen LogP contribution in [0.2, 0.25) is 0 Å². The van der Waals surface area contributed by atoms with Crippen molar-refractivity contribution in [2.75, 3.05) is 34.8 Å². The number of carbonyl (C=O) groups is 1. The van der Waals surface area contributed by atoms with Crippen molar-refractivity contribution in [3.63, 3.8) is 0 Å². The van der Waals surface area contributed by atoms with Gasteiger partial charge in [0.15, 0.2) is 18.0 Å². The van der Waals surface area contributed by atoms with Crippen LogP contribution in [0.5, 0.6) is 11.5 Å². The third-order valence-corrected chi connectivity index (χ3v) is 4.42. The number of halogens is 1. The molecular formula is C23H28ClN5O3. The Hall–Kier alpha value is -3.23. The molecule has 0 saturated carbocycles. The number of hydrogen-bond acceptors (Lipinski definition) is 6. The third kappa shape index (κ3) is 6.90. The summed E-state index contributed by atoms with van der Waals surface area (Å²) in [5.41, 5.74) is 6.59. The maximum atomic E-state index is 11.9. The molecule has 0 radical (unpaired) electrons. The number of nitrogens with zero attached hydrogens (tertiary/aromatic N) is 4. The monoisotopic (exact) mass is 457 g/mol. The zero-order valence-electron chi connectivity index (χ0n) is 18.9. The number of aromatic nitrogens is 2. The molecule has 9 heteroatoms. The van der Waals surface area contributed by atoms with E-state index < -0.39 is 0 Å². The van der Waals surface area contributed by atoms with Gasteiger partial charge in [-0.15, -0.1) is 0 Å². The molecule has 0 fully saturated rings. The van der Waals surface area contributed by atoms with E-state index >= 15 is 0 Å². The van der Waals surface area contributed by atoms with Crippen molar-refractivity contribution in [3.8, 4) is 11.5 Å². The Balaban J connectivity index is 0.00000363. The van der Waals surface area contributed by atoms with Crippen molar-refractivity contribution >= 4 is 23.2 Å². The molecule has 0 unspecified atom stereocenters. The molecule has 0 aliphatic heterocycles. The Labute approximate surface area is 194 Å². The topological polar surface area (TPSA) is 85.7 Å².